The van der Waals surface area contributed by atoms with E-state index in [9.17, 15) is 14.7 Å². The molecule has 2 aromatic rings. The number of hydrogen-bond donors (Lipinski definition) is 2. The molecule has 0 bridgehead atoms. The Bertz CT molecular complexity index is 1090. The number of amides is 2. The smallest absolute Gasteiger partial charge is 0.267 e. The van der Waals surface area contributed by atoms with Crippen LogP contribution in [0.15, 0.2) is 24.3 Å². The number of aromatic nitrogens is 2. The van der Waals surface area contributed by atoms with Gasteiger partial charge in [0.2, 0.25) is 5.60 Å². The first kappa shape index (κ1) is 18.9. The molecule has 0 radical (unpaired) electrons. The second-order valence-electron chi connectivity index (χ2n) is 7.40. The third-order valence-corrected chi connectivity index (χ3v) is 5.32. The van der Waals surface area contributed by atoms with E-state index >= 15 is 0 Å². The van der Waals surface area contributed by atoms with Crippen LogP contribution in [0, 0.1) is 11.8 Å². The first-order chi connectivity index (χ1) is 13.8. The van der Waals surface area contributed by atoms with E-state index in [2.05, 4.69) is 21.8 Å². The standard InChI is InChI=1S/C21H21N5O3/c1-25-10-7-15-16(17(22)27)23-18(24-19(15)25)14-5-3-4-13(12-14)6-8-21(29)9-11-26(2)20(21)28/h3-5,12,29H,7,9-11H2,1-2H3,(H2,22,27). The Morgan fingerprint density at radius 2 is 2.03 bits per heavy atom. The minimum absolute atomic E-state index is 0.236. The molecule has 1 fully saturated rings. The maximum Gasteiger partial charge on any atom is 0.267 e. The van der Waals surface area contributed by atoms with Gasteiger partial charge in [0.25, 0.3) is 11.8 Å². The molecule has 1 saturated heterocycles. The molecule has 1 aromatic carbocycles. The van der Waals surface area contributed by atoms with Crippen molar-refractivity contribution >= 4 is 17.6 Å². The van der Waals surface area contributed by atoms with Crippen LogP contribution in [-0.2, 0) is 11.2 Å². The summed E-state index contributed by atoms with van der Waals surface area (Å²) in [5.41, 5.74) is 6.16. The minimum atomic E-state index is -1.66. The van der Waals surface area contributed by atoms with Crippen LogP contribution >= 0.6 is 0 Å². The Balaban J connectivity index is 1.72. The van der Waals surface area contributed by atoms with Gasteiger partial charge in [0.15, 0.2) is 5.82 Å². The number of nitrogens with two attached hydrogens (primary N) is 1. The Kier molecular flexibility index (Phi) is 4.47. The van der Waals surface area contributed by atoms with E-state index in [-0.39, 0.29) is 12.1 Å². The third kappa shape index (κ3) is 3.30. The van der Waals surface area contributed by atoms with Gasteiger partial charge in [0.1, 0.15) is 11.5 Å². The molecule has 1 unspecified atom stereocenters. The van der Waals surface area contributed by atoms with Crippen LogP contribution < -0.4 is 10.6 Å². The number of nitrogens with zero attached hydrogens (tertiary/aromatic N) is 4. The van der Waals surface area contributed by atoms with Crippen molar-refractivity contribution in [3.8, 4) is 23.2 Å². The molecule has 2 aliphatic heterocycles. The van der Waals surface area contributed by atoms with Gasteiger partial charge in [-0.15, -0.1) is 0 Å². The second-order valence-corrected chi connectivity index (χ2v) is 7.40. The molecule has 3 N–H and O–H groups in total. The van der Waals surface area contributed by atoms with Crippen molar-refractivity contribution in [3.05, 3.63) is 41.1 Å². The van der Waals surface area contributed by atoms with Gasteiger partial charge in [0.05, 0.1) is 0 Å². The van der Waals surface area contributed by atoms with Crippen LogP contribution in [0.5, 0.6) is 0 Å². The number of benzene rings is 1. The first-order valence-electron chi connectivity index (χ1n) is 9.32. The van der Waals surface area contributed by atoms with Crippen molar-refractivity contribution in [1.29, 1.82) is 0 Å². The number of rotatable bonds is 2. The molecule has 8 heteroatoms. The number of primary amides is 1. The molecule has 8 nitrogen and oxygen atoms in total. The van der Waals surface area contributed by atoms with E-state index in [0.29, 0.717) is 35.7 Å². The summed E-state index contributed by atoms with van der Waals surface area (Å²) in [4.78, 5) is 36.4. The van der Waals surface area contributed by atoms with Crippen LogP contribution in [-0.4, -0.2) is 64.6 Å². The van der Waals surface area contributed by atoms with E-state index in [4.69, 9.17) is 5.73 Å². The lowest BCUT2D eigenvalue weighted by atomic mass is 10.0. The average molecular weight is 391 g/mol. The highest BCUT2D eigenvalue weighted by Crippen LogP contribution is 2.30. The zero-order valence-corrected chi connectivity index (χ0v) is 16.3. The monoisotopic (exact) mass is 391 g/mol. The summed E-state index contributed by atoms with van der Waals surface area (Å²) in [6.45, 7) is 1.22. The largest absolute Gasteiger partial charge is 0.369 e. The van der Waals surface area contributed by atoms with E-state index in [1.165, 1.54) is 4.90 Å². The van der Waals surface area contributed by atoms with E-state index < -0.39 is 17.4 Å². The van der Waals surface area contributed by atoms with Crippen LogP contribution in [0.3, 0.4) is 0 Å². The van der Waals surface area contributed by atoms with Crippen LogP contribution in [0.2, 0.25) is 0 Å². The van der Waals surface area contributed by atoms with Gasteiger partial charge in [-0.2, -0.15) is 0 Å². The molecule has 2 amide bonds. The Morgan fingerprint density at radius 1 is 1.24 bits per heavy atom. The molecule has 29 heavy (non-hydrogen) atoms. The summed E-state index contributed by atoms with van der Waals surface area (Å²) in [5.74, 6) is 5.69. The Hall–Kier alpha value is -3.44. The zero-order valence-electron chi connectivity index (χ0n) is 16.3. The summed E-state index contributed by atoms with van der Waals surface area (Å²) in [7, 11) is 3.55. The number of likely N-dealkylation sites (tertiary alicyclic amines) is 1. The lowest BCUT2D eigenvalue weighted by Crippen LogP contribution is -2.37. The summed E-state index contributed by atoms with van der Waals surface area (Å²) in [5, 5.41) is 10.5. The molecule has 1 atom stereocenters. The Labute approximate surface area is 168 Å². The maximum absolute atomic E-state index is 12.1. The normalized spacial score (nSPS) is 20.4. The van der Waals surface area contributed by atoms with Gasteiger partial charge >= 0.3 is 0 Å². The van der Waals surface area contributed by atoms with Crippen LogP contribution in [0.4, 0.5) is 5.82 Å². The fourth-order valence-electron chi connectivity index (χ4n) is 3.62. The first-order valence-corrected chi connectivity index (χ1v) is 9.32. The molecular weight excluding hydrogens is 370 g/mol. The van der Waals surface area contributed by atoms with Crippen LogP contribution in [0.25, 0.3) is 11.4 Å². The van der Waals surface area contributed by atoms with Crippen molar-refractivity contribution in [2.24, 2.45) is 5.73 Å². The summed E-state index contributed by atoms with van der Waals surface area (Å²) >= 11 is 0. The Morgan fingerprint density at radius 3 is 2.72 bits per heavy atom. The number of carbonyl (C=O) groups is 2. The predicted octanol–water partition coefficient (Wildman–Crippen LogP) is 0.179. The number of likely N-dealkylation sites (N-methyl/N-ethyl adjacent to an activating group) is 2. The van der Waals surface area contributed by atoms with Crippen molar-refractivity contribution in [2.45, 2.75) is 18.4 Å². The molecule has 148 valence electrons. The topological polar surface area (TPSA) is 113 Å². The van der Waals surface area contributed by atoms with Gasteiger partial charge in [-0.1, -0.05) is 24.0 Å². The van der Waals surface area contributed by atoms with E-state index in [1.54, 1.807) is 25.2 Å². The lowest BCUT2D eigenvalue weighted by Gasteiger charge is -2.13. The minimum Gasteiger partial charge on any atom is -0.369 e. The predicted molar refractivity (Wildman–Crippen MR) is 107 cm³/mol. The highest BCUT2D eigenvalue weighted by Gasteiger charge is 2.42. The molecule has 3 heterocycles. The molecule has 2 aliphatic rings. The number of aliphatic hydroxyl groups is 1. The summed E-state index contributed by atoms with van der Waals surface area (Å²) in [6, 6.07) is 7.14. The van der Waals surface area contributed by atoms with E-state index in [1.807, 2.05) is 18.0 Å². The van der Waals surface area contributed by atoms with Crippen molar-refractivity contribution in [2.75, 3.05) is 32.1 Å². The molecule has 0 aliphatic carbocycles. The number of carbonyl (C=O) groups excluding carboxylic acids is 2. The third-order valence-electron chi connectivity index (χ3n) is 5.32. The van der Waals surface area contributed by atoms with Gasteiger partial charge in [-0.3, -0.25) is 9.59 Å². The number of anilines is 1. The summed E-state index contributed by atoms with van der Waals surface area (Å²) < 4.78 is 0. The molecule has 0 spiro atoms. The fraction of sp³-hybridized carbons (Fsp3) is 0.333. The number of hydrogen-bond acceptors (Lipinski definition) is 6. The average Bonchev–Trinajstić information content (AvgIpc) is 3.21. The van der Waals surface area contributed by atoms with Gasteiger partial charge in [-0.05, 0) is 18.6 Å². The zero-order chi connectivity index (χ0) is 20.8. The number of fused-ring (bicyclic) bond motifs is 1. The highest BCUT2D eigenvalue weighted by atomic mass is 16.3. The molecular formula is C21H21N5O3. The molecule has 0 saturated carbocycles. The second kappa shape index (κ2) is 6.87. The quantitative estimate of drug-likeness (QED) is 0.706. The van der Waals surface area contributed by atoms with Crippen molar-refractivity contribution < 1.29 is 14.7 Å². The van der Waals surface area contributed by atoms with Crippen LogP contribution in [0.1, 0.15) is 28.0 Å². The van der Waals surface area contributed by atoms with E-state index in [0.717, 1.165) is 12.1 Å². The summed E-state index contributed by atoms with van der Waals surface area (Å²) in [6.07, 6.45) is 0.953. The molecule has 4 rings (SSSR count). The SMILES string of the molecule is CN1CCC(O)(C#Cc2cccc(-c3nc(C(N)=O)c4c(n3)N(C)CC4)c2)C1=O. The van der Waals surface area contributed by atoms with Gasteiger partial charge in [-0.25, -0.2) is 9.97 Å². The fourth-order valence-corrected chi connectivity index (χ4v) is 3.62. The van der Waals surface area contributed by atoms with Crippen molar-refractivity contribution in [1.82, 2.24) is 14.9 Å². The maximum atomic E-state index is 12.1. The van der Waals surface area contributed by atoms with Gasteiger partial charge in [0, 0.05) is 50.3 Å². The van der Waals surface area contributed by atoms with Crippen molar-refractivity contribution in [3.63, 3.8) is 0 Å². The van der Waals surface area contributed by atoms with Gasteiger partial charge < -0.3 is 20.6 Å². The highest BCUT2D eigenvalue weighted by molar-refractivity contribution is 5.94. The lowest BCUT2D eigenvalue weighted by molar-refractivity contribution is -0.137. The molecule has 1 aromatic heterocycles.